The van der Waals surface area contributed by atoms with Gasteiger partial charge in [0.25, 0.3) is 0 Å². The van der Waals surface area contributed by atoms with Gasteiger partial charge >= 0.3 is 0 Å². The molecule has 0 rings (SSSR count). The van der Waals surface area contributed by atoms with Crippen molar-refractivity contribution in [2.75, 3.05) is 13.2 Å². The van der Waals surface area contributed by atoms with Crippen LogP contribution in [0.15, 0.2) is 0 Å². The molecule has 3 heteroatoms. The van der Waals surface area contributed by atoms with Gasteiger partial charge in [-0.05, 0) is 24.7 Å². The number of aliphatic hydroxyl groups is 1. The molecule has 1 amide bonds. The first-order chi connectivity index (χ1) is 7.27. The van der Waals surface area contributed by atoms with Crippen molar-refractivity contribution in [2.24, 2.45) is 17.3 Å². The molecule has 0 spiro atoms. The van der Waals surface area contributed by atoms with Gasteiger partial charge in [-0.1, -0.05) is 34.6 Å². The van der Waals surface area contributed by atoms with Crippen molar-refractivity contribution in [3.8, 4) is 0 Å². The van der Waals surface area contributed by atoms with Crippen LogP contribution in [0, 0.1) is 17.3 Å². The third kappa shape index (κ3) is 6.83. The number of nitrogens with one attached hydrogen (secondary N) is 1. The van der Waals surface area contributed by atoms with Crippen LogP contribution in [0.5, 0.6) is 0 Å². The monoisotopic (exact) mass is 229 g/mol. The van der Waals surface area contributed by atoms with Crippen molar-refractivity contribution in [3.63, 3.8) is 0 Å². The van der Waals surface area contributed by atoms with Crippen LogP contribution < -0.4 is 5.32 Å². The molecule has 0 fully saturated rings. The number of rotatable bonds is 6. The van der Waals surface area contributed by atoms with Gasteiger partial charge in [0.05, 0.1) is 0 Å². The normalized spacial score (nSPS) is 13.9. The van der Waals surface area contributed by atoms with E-state index in [0.717, 1.165) is 12.8 Å². The fourth-order valence-corrected chi connectivity index (χ4v) is 1.65. The topological polar surface area (TPSA) is 49.3 Å². The summed E-state index contributed by atoms with van der Waals surface area (Å²) in [5.74, 6) is 1.07. The van der Waals surface area contributed by atoms with Crippen molar-refractivity contribution in [1.82, 2.24) is 5.32 Å². The molecule has 16 heavy (non-hydrogen) atoms. The lowest BCUT2D eigenvalue weighted by Crippen LogP contribution is -2.38. The van der Waals surface area contributed by atoms with Gasteiger partial charge in [-0.15, -0.1) is 0 Å². The Morgan fingerprint density at radius 3 is 2.25 bits per heavy atom. The second-order valence-corrected chi connectivity index (χ2v) is 5.97. The first-order valence-electron chi connectivity index (χ1n) is 6.16. The highest BCUT2D eigenvalue weighted by Crippen LogP contribution is 2.16. The fourth-order valence-electron chi connectivity index (χ4n) is 1.65. The Morgan fingerprint density at radius 2 is 1.88 bits per heavy atom. The number of amides is 1. The van der Waals surface area contributed by atoms with E-state index in [1.807, 2.05) is 20.8 Å². The standard InChI is InChI=1S/C13H27NO2/c1-10(2)8-11(6-7-15)9-14-12(16)13(3,4)5/h10-11,15H,6-9H2,1-5H3,(H,14,16). The summed E-state index contributed by atoms with van der Waals surface area (Å²) in [5, 5.41) is 11.9. The molecule has 96 valence electrons. The lowest BCUT2D eigenvalue weighted by Gasteiger charge is -2.22. The molecule has 0 aliphatic heterocycles. The minimum absolute atomic E-state index is 0.0826. The zero-order valence-electron chi connectivity index (χ0n) is 11.3. The Bertz CT molecular complexity index is 206. The van der Waals surface area contributed by atoms with E-state index in [9.17, 15) is 4.79 Å². The van der Waals surface area contributed by atoms with Gasteiger partial charge in [-0.2, -0.15) is 0 Å². The first-order valence-corrected chi connectivity index (χ1v) is 6.16. The average molecular weight is 229 g/mol. The van der Waals surface area contributed by atoms with Gasteiger partial charge in [0, 0.05) is 18.6 Å². The van der Waals surface area contributed by atoms with Gasteiger partial charge in [0.15, 0.2) is 0 Å². The molecule has 2 N–H and O–H groups in total. The Balaban J connectivity index is 4.06. The van der Waals surface area contributed by atoms with E-state index >= 15 is 0 Å². The van der Waals surface area contributed by atoms with E-state index < -0.39 is 0 Å². The third-order valence-electron chi connectivity index (χ3n) is 2.57. The van der Waals surface area contributed by atoms with Gasteiger partial charge in [-0.25, -0.2) is 0 Å². The van der Waals surface area contributed by atoms with E-state index in [1.54, 1.807) is 0 Å². The van der Waals surface area contributed by atoms with E-state index in [0.29, 0.717) is 18.4 Å². The summed E-state index contributed by atoms with van der Waals surface area (Å²) in [4.78, 5) is 11.7. The summed E-state index contributed by atoms with van der Waals surface area (Å²) in [5.41, 5.74) is -0.332. The Hall–Kier alpha value is -0.570. The second-order valence-electron chi connectivity index (χ2n) is 5.97. The van der Waals surface area contributed by atoms with Gasteiger partial charge < -0.3 is 10.4 Å². The van der Waals surface area contributed by atoms with Crippen LogP contribution in [-0.2, 0) is 4.79 Å². The molecule has 3 nitrogen and oxygen atoms in total. The van der Waals surface area contributed by atoms with Gasteiger partial charge in [0.2, 0.25) is 5.91 Å². The maximum Gasteiger partial charge on any atom is 0.225 e. The van der Waals surface area contributed by atoms with Crippen LogP contribution in [0.3, 0.4) is 0 Å². The van der Waals surface area contributed by atoms with Crippen molar-refractivity contribution in [2.45, 2.75) is 47.5 Å². The molecule has 1 unspecified atom stereocenters. The molecule has 0 bridgehead atoms. The number of hydrogen-bond acceptors (Lipinski definition) is 2. The van der Waals surface area contributed by atoms with E-state index in [1.165, 1.54) is 0 Å². The quantitative estimate of drug-likeness (QED) is 0.733. The molecular weight excluding hydrogens is 202 g/mol. The minimum atomic E-state index is -0.332. The number of hydrogen-bond donors (Lipinski definition) is 2. The molecule has 0 aromatic rings. The van der Waals surface area contributed by atoms with Crippen LogP contribution in [-0.4, -0.2) is 24.2 Å². The van der Waals surface area contributed by atoms with Gasteiger partial charge in [0.1, 0.15) is 0 Å². The Labute approximate surface area is 99.6 Å². The molecule has 0 aliphatic rings. The van der Waals surface area contributed by atoms with E-state index in [-0.39, 0.29) is 17.9 Å². The molecule has 0 radical (unpaired) electrons. The highest BCUT2D eigenvalue weighted by Gasteiger charge is 2.22. The smallest absolute Gasteiger partial charge is 0.225 e. The highest BCUT2D eigenvalue weighted by molar-refractivity contribution is 5.81. The second kappa shape index (κ2) is 6.89. The first kappa shape index (κ1) is 15.4. The fraction of sp³-hybridized carbons (Fsp3) is 0.923. The number of carbonyl (C=O) groups is 1. The zero-order valence-corrected chi connectivity index (χ0v) is 11.3. The molecule has 0 aliphatic carbocycles. The van der Waals surface area contributed by atoms with Crippen LogP contribution in [0.4, 0.5) is 0 Å². The third-order valence-corrected chi connectivity index (χ3v) is 2.57. The van der Waals surface area contributed by atoms with Crippen molar-refractivity contribution in [3.05, 3.63) is 0 Å². The minimum Gasteiger partial charge on any atom is -0.396 e. The molecule has 1 atom stereocenters. The molecule has 0 heterocycles. The van der Waals surface area contributed by atoms with Crippen LogP contribution in [0.1, 0.15) is 47.5 Å². The number of carbonyl (C=O) groups excluding carboxylic acids is 1. The Kier molecular flexibility index (Phi) is 6.65. The number of aliphatic hydroxyl groups excluding tert-OH is 1. The summed E-state index contributed by atoms with van der Waals surface area (Å²) in [6, 6.07) is 0. The molecular formula is C13H27NO2. The highest BCUT2D eigenvalue weighted by atomic mass is 16.3. The maximum absolute atomic E-state index is 11.7. The molecule has 0 aromatic heterocycles. The predicted molar refractivity (Wildman–Crippen MR) is 67.1 cm³/mol. The zero-order chi connectivity index (χ0) is 12.8. The van der Waals surface area contributed by atoms with Crippen molar-refractivity contribution < 1.29 is 9.90 Å². The average Bonchev–Trinajstić information content (AvgIpc) is 2.11. The summed E-state index contributed by atoms with van der Waals surface area (Å²) in [6.45, 7) is 10.9. The SMILES string of the molecule is CC(C)CC(CCO)CNC(=O)C(C)(C)C. The lowest BCUT2D eigenvalue weighted by atomic mass is 9.92. The summed E-state index contributed by atoms with van der Waals surface area (Å²) in [7, 11) is 0. The van der Waals surface area contributed by atoms with Crippen LogP contribution in [0.2, 0.25) is 0 Å². The van der Waals surface area contributed by atoms with Crippen LogP contribution >= 0.6 is 0 Å². The summed E-state index contributed by atoms with van der Waals surface area (Å²) < 4.78 is 0. The predicted octanol–water partition coefficient (Wildman–Crippen LogP) is 2.19. The maximum atomic E-state index is 11.7. The van der Waals surface area contributed by atoms with Crippen molar-refractivity contribution in [1.29, 1.82) is 0 Å². The summed E-state index contributed by atoms with van der Waals surface area (Å²) >= 11 is 0. The van der Waals surface area contributed by atoms with E-state index in [2.05, 4.69) is 19.2 Å². The van der Waals surface area contributed by atoms with Crippen molar-refractivity contribution >= 4 is 5.91 Å². The van der Waals surface area contributed by atoms with Gasteiger partial charge in [-0.3, -0.25) is 4.79 Å². The Morgan fingerprint density at radius 1 is 1.31 bits per heavy atom. The van der Waals surface area contributed by atoms with E-state index in [4.69, 9.17) is 5.11 Å². The lowest BCUT2D eigenvalue weighted by molar-refractivity contribution is -0.128. The largest absolute Gasteiger partial charge is 0.396 e. The summed E-state index contributed by atoms with van der Waals surface area (Å²) in [6.07, 6.45) is 1.81. The molecule has 0 saturated heterocycles. The molecule has 0 saturated carbocycles. The molecule has 0 aromatic carbocycles. The van der Waals surface area contributed by atoms with Crippen LogP contribution in [0.25, 0.3) is 0 Å².